The van der Waals surface area contributed by atoms with Gasteiger partial charge in [-0.15, -0.1) is 0 Å². The van der Waals surface area contributed by atoms with Crippen LogP contribution in [0.4, 0.5) is 0 Å². The van der Waals surface area contributed by atoms with Gasteiger partial charge in [-0.25, -0.2) is 0 Å². The lowest BCUT2D eigenvalue weighted by molar-refractivity contribution is 0.183. The molecule has 1 aromatic rings. The Bertz CT molecular complexity index is 422. The molecule has 1 aromatic carbocycles. The van der Waals surface area contributed by atoms with Crippen LogP contribution in [0, 0.1) is 26.7 Å². The fourth-order valence-corrected chi connectivity index (χ4v) is 3.68. The van der Waals surface area contributed by atoms with E-state index in [0.717, 1.165) is 19.0 Å². The van der Waals surface area contributed by atoms with Crippen LogP contribution in [0.3, 0.4) is 0 Å². The average molecular weight is 274 g/mol. The predicted molar refractivity (Wildman–Crippen MR) is 87.3 cm³/mol. The summed E-state index contributed by atoms with van der Waals surface area (Å²) >= 11 is 0. The Morgan fingerprint density at radius 2 is 1.70 bits per heavy atom. The Morgan fingerprint density at radius 3 is 2.20 bits per heavy atom. The second-order valence-electron chi connectivity index (χ2n) is 6.73. The molecule has 1 atom stereocenters. The summed E-state index contributed by atoms with van der Waals surface area (Å²) in [6.07, 6.45) is 2.67. The third-order valence-corrected chi connectivity index (χ3v) is 4.79. The van der Waals surface area contributed by atoms with Gasteiger partial charge < -0.3 is 10.6 Å². The van der Waals surface area contributed by atoms with Crippen molar-refractivity contribution in [1.82, 2.24) is 4.90 Å². The Balaban J connectivity index is 2.12. The fourth-order valence-electron chi connectivity index (χ4n) is 3.68. The standard InChI is InChI=1S/C18H30N2/c1-13-5-7-20(8-6-13)12-17(11-19)18-15(3)9-14(2)10-16(18)4/h9-10,13,17H,5-8,11-12,19H2,1-4H3. The zero-order valence-corrected chi connectivity index (χ0v) is 13.6. The van der Waals surface area contributed by atoms with Gasteiger partial charge in [0.25, 0.3) is 0 Å². The highest BCUT2D eigenvalue weighted by Crippen LogP contribution is 2.27. The first-order valence-corrected chi connectivity index (χ1v) is 8.01. The zero-order valence-electron chi connectivity index (χ0n) is 13.6. The number of nitrogens with zero attached hydrogens (tertiary/aromatic N) is 1. The Morgan fingerprint density at radius 1 is 1.15 bits per heavy atom. The molecule has 2 heteroatoms. The highest BCUT2D eigenvalue weighted by molar-refractivity contribution is 5.40. The van der Waals surface area contributed by atoms with E-state index in [1.54, 1.807) is 0 Å². The van der Waals surface area contributed by atoms with Crippen LogP contribution in [0.1, 0.15) is 47.9 Å². The van der Waals surface area contributed by atoms with Gasteiger partial charge in [-0.2, -0.15) is 0 Å². The molecule has 1 aliphatic rings. The van der Waals surface area contributed by atoms with Gasteiger partial charge in [-0.05, 0) is 69.3 Å². The van der Waals surface area contributed by atoms with E-state index in [1.165, 1.54) is 48.2 Å². The average Bonchev–Trinajstić information content (AvgIpc) is 2.38. The molecule has 112 valence electrons. The van der Waals surface area contributed by atoms with Gasteiger partial charge in [0, 0.05) is 19.0 Å². The summed E-state index contributed by atoms with van der Waals surface area (Å²) < 4.78 is 0. The van der Waals surface area contributed by atoms with E-state index in [0.29, 0.717) is 5.92 Å². The predicted octanol–water partition coefficient (Wildman–Crippen LogP) is 3.39. The molecule has 20 heavy (non-hydrogen) atoms. The van der Waals surface area contributed by atoms with E-state index >= 15 is 0 Å². The van der Waals surface area contributed by atoms with Crippen molar-refractivity contribution in [2.45, 2.75) is 46.5 Å². The molecule has 1 aliphatic heterocycles. The fraction of sp³-hybridized carbons (Fsp3) is 0.667. The van der Waals surface area contributed by atoms with E-state index in [-0.39, 0.29) is 0 Å². The summed E-state index contributed by atoms with van der Waals surface area (Å²) in [6, 6.07) is 4.59. The van der Waals surface area contributed by atoms with Crippen LogP contribution >= 0.6 is 0 Å². The number of benzene rings is 1. The van der Waals surface area contributed by atoms with Crippen LogP contribution in [0.2, 0.25) is 0 Å². The van der Waals surface area contributed by atoms with Crippen LogP contribution in [0.25, 0.3) is 0 Å². The summed E-state index contributed by atoms with van der Waals surface area (Å²) in [6.45, 7) is 13.3. The third-order valence-electron chi connectivity index (χ3n) is 4.79. The Hall–Kier alpha value is -0.860. The molecule has 1 saturated heterocycles. The molecule has 0 aliphatic carbocycles. The lowest BCUT2D eigenvalue weighted by atomic mass is 9.88. The van der Waals surface area contributed by atoms with Crippen molar-refractivity contribution in [3.63, 3.8) is 0 Å². The summed E-state index contributed by atoms with van der Waals surface area (Å²) in [7, 11) is 0. The first kappa shape index (κ1) is 15.5. The lowest BCUT2D eigenvalue weighted by Crippen LogP contribution is -2.38. The summed E-state index contributed by atoms with van der Waals surface area (Å²) in [5.41, 5.74) is 11.7. The summed E-state index contributed by atoms with van der Waals surface area (Å²) in [5, 5.41) is 0. The monoisotopic (exact) mass is 274 g/mol. The van der Waals surface area contributed by atoms with Crippen LogP contribution in [-0.4, -0.2) is 31.1 Å². The second kappa shape index (κ2) is 6.73. The minimum absolute atomic E-state index is 0.476. The summed E-state index contributed by atoms with van der Waals surface area (Å²) in [5.74, 6) is 1.37. The maximum Gasteiger partial charge on any atom is 0.00940 e. The quantitative estimate of drug-likeness (QED) is 0.912. The summed E-state index contributed by atoms with van der Waals surface area (Å²) in [4.78, 5) is 2.61. The molecule has 0 aromatic heterocycles. The van der Waals surface area contributed by atoms with Crippen LogP contribution in [-0.2, 0) is 0 Å². The molecule has 1 heterocycles. The molecule has 0 amide bonds. The van der Waals surface area contributed by atoms with Gasteiger partial charge in [0.1, 0.15) is 0 Å². The lowest BCUT2D eigenvalue weighted by Gasteiger charge is -2.33. The molecular formula is C18H30N2. The third kappa shape index (κ3) is 3.62. The van der Waals surface area contributed by atoms with Crippen molar-refractivity contribution in [2.75, 3.05) is 26.2 Å². The first-order valence-electron chi connectivity index (χ1n) is 8.01. The second-order valence-corrected chi connectivity index (χ2v) is 6.73. The van der Waals surface area contributed by atoms with Crippen molar-refractivity contribution in [1.29, 1.82) is 0 Å². The van der Waals surface area contributed by atoms with Crippen molar-refractivity contribution < 1.29 is 0 Å². The van der Waals surface area contributed by atoms with Gasteiger partial charge in [-0.1, -0.05) is 24.6 Å². The van der Waals surface area contributed by atoms with Crippen LogP contribution in [0.5, 0.6) is 0 Å². The number of rotatable bonds is 4. The number of likely N-dealkylation sites (tertiary alicyclic amines) is 1. The molecule has 1 fully saturated rings. The minimum Gasteiger partial charge on any atom is -0.330 e. The normalized spacial score (nSPS) is 19.2. The Labute approximate surface area is 124 Å². The molecule has 0 bridgehead atoms. The molecule has 0 spiro atoms. The highest BCUT2D eigenvalue weighted by atomic mass is 15.1. The zero-order chi connectivity index (χ0) is 14.7. The van der Waals surface area contributed by atoms with Gasteiger partial charge in [-0.3, -0.25) is 0 Å². The first-order chi connectivity index (χ1) is 9.51. The maximum absolute atomic E-state index is 6.10. The highest BCUT2D eigenvalue weighted by Gasteiger charge is 2.21. The van der Waals surface area contributed by atoms with Crippen LogP contribution in [0.15, 0.2) is 12.1 Å². The number of hydrogen-bond donors (Lipinski definition) is 1. The van der Waals surface area contributed by atoms with Crippen molar-refractivity contribution in [3.05, 3.63) is 34.4 Å². The van der Waals surface area contributed by atoms with E-state index in [2.05, 4.69) is 44.7 Å². The molecule has 0 saturated carbocycles. The Kier molecular flexibility index (Phi) is 5.22. The number of piperidine rings is 1. The van der Waals surface area contributed by atoms with Crippen molar-refractivity contribution in [2.24, 2.45) is 11.7 Å². The van der Waals surface area contributed by atoms with E-state index in [4.69, 9.17) is 5.73 Å². The SMILES string of the molecule is Cc1cc(C)c(C(CN)CN2CCC(C)CC2)c(C)c1. The maximum atomic E-state index is 6.10. The number of hydrogen-bond acceptors (Lipinski definition) is 2. The number of aryl methyl sites for hydroxylation is 3. The van der Waals surface area contributed by atoms with Gasteiger partial charge >= 0.3 is 0 Å². The van der Waals surface area contributed by atoms with Gasteiger partial charge in [0.15, 0.2) is 0 Å². The molecule has 2 rings (SSSR count). The van der Waals surface area contributed by atoms with E-state index in [1.807, 2.05) is 0 Å². The molecule has 0 radical (unpaired) electrons. The van der Waals surface area contributed by atoms with Gasteiger partial charge in [0.05, 0.1) is 0 Å². The van der Waals surface area contributed by atoms with Crippen molar-refractivity contribution >= 4 is 0 Å². The van der Waals surface area contributed by atoms with E-state index in [9.17, 15) is 0 Å². The molecule has 1 unspecified atom stereocenters. The smallest absolute Gasteiger partial charge is 0.00940 e. The van der Waals surface area contributed by atoms with E-state index < -0.39 is 0 Å². The number of nitrogens with two attached hydrogens (primary N) is 1. The van der Waals surface area contributed by atoms with Crippen LogP contribution < -0.4 is 5.73 Å². The largest absolute Gasteiger partial charge is 0.330 e. The molecular weight excluding hydrogens is 244 g/mol. The van der Waals surface area contributed by atoms with Crippen molar-refractivity contribution in [3.8, 4) is 0 Å². The topological polar surface area (TPSA) is 29.3 Å². The molecule has 2 N–H and O–H groups in total. The minimum atomic E-state index is 0.476. The molecule has 2 nitrogen and oxygen atoms in total. The van der Waals surface area contributed by atoms with Gasteiger partial charge in [0.2, 0.25) is 0 Å².